The van der Waals surface area contributed by atoms with Crippen LogP contribution in [0.5, 0.6) is 0 Å². The molecule has 2 aromatic heterocycles. The van der Waals surface area contributed by atoms with Crippen molar-refractivity contribution in [2.45, 2.75) is 19.3 Å². The van der Waals surface area contributed by atoms with Gasteiger partial charge in [-0.2, -0.15) is 0 Å². The summed E-state index contributed by atoms with van der Waals surface area (Å²) >= 11 is 3.49. The lowest BCUT2D eigenvalue weighted by Gasteiger charge is -2.22. The highest BCUT2D eigenvalue weighted by Crippen LogP contribution is 2.52. The molecule has 0 amide bonds. The van der Waals surface area contributed by atoms with E-state index >= 15 is 0 Å². The first-order valence-corrected chi connectivity index (χ1v) is 20.3. The maximum atomic E-state index is 4.92. The third kappa shape index (κ3) is 5.36. The highest BCUT2D eigenvalue weighted by Gasteiger charge is 2.36. The van der Waals surface area contributed by atoms with Crippen LogP contribution in [-0.4, -0.2) is 9.97 Å². The van der Waals surface area contributed by atoms with E-state index in [0.717, 1.165) is 32.2 Å². The molecule has 0 unspecified atom stereocenters. The van der Waals surface area contributed by atoms with Crippen LogP contribution < -0.4 is 0 Å². The van der Waals surface area contributed by atoms with Gasteiger partial charge in [-0.25, -0.2) is 9.97 Å². The van der Waals surface area contributed by atoms with Crippen LogP contribution in [0.1, 0.15) is 25.0 Å². The molecule has 0 saturated carbocycles. The number of hydrogen-bond donors (Lipinski definition) is 0. The minimum atomic E-state index is -0.113. The molecule has 2 heterocycles. The largest absolute Gasteiger partial charge is 0.236 e. The number of nitrogens with zero attached hydrogens (tertiary/aromatic N) is 2. The first-order chi connectivity index (χ1) is 27.0. The molecule has 2 nitrogen and oxygen atoms in total. The van der Waals surface area contributed by atoms with E-state index in [1.165, 1.54) is 75.8 Å². The fourth-order valence-electron chi connectivity index (χ4n) is 8.42. The fourth-order valence-corrected chi connectivity index (χ4v) is 10.4. The second-order valence-electron chi connectivity index (χ2n) is 15.0. The molecular formula is C51H34N2S2. The summed E-state index contributed by atoms with van der Waals surface area (Å²) in [7, 11) is 0. The van der Waals surface area contributed by atoms with Crippen LogP contribution in [0.4, 0.5) is 0 Å². The van der Waals surface area contributed by atoms with Gasteiger partial charge in [0.2, 0.25) is 0 Å². The van der Waals surface area contributed by atoms with Crippen molar-refractivity contribution in [3.8, 4) is 65.6 Å². The van der Waals surface area contributed by atoms with Gasteiger partial charge in [-0.15, -0.1) is 22.7 Å². The van der Waals surface area contributed by atoms with Gasteiger partial charge in [0.25, 0.3) is 0 Å². The summed E-state index contributed by atoms with van der Waals surface area (Å²) in [5, 5.41) is 4.71. The summed E-state index contributed by atoms with van der Waals surface area (Å²) in [6.45, 7) is 4.75. The lowest BCUT2D eigenvalue weighted by Crippen LogP contribution is -2.15. The SMILES string of the molecule is CC1(C)c2cc(-c3cc(-c4ccc(-c5nc6ccccc6s5)cc4)cc(-c4ccc(-c5nc6ccccc6s5)cc4)c3)ccc2-c2c1ccc1ccccc21. The van der Waals surface area contributed by atoms with E-state index in [4.69, 9.17) is 9.97 Å². The third-order valence-electron chi connectivity index (χ3n) is 11.3. The molecule has 10 aromatic rings. The Bertz CT molecular complexity index is 2910. The van der Waals surface area contributed by atoms with Crippen molar-refractivity contribution >= 4 is 53.9 Å². The smallest absolute Gasteiger partial charge is 0.124 e. The third-order valence-corrected chi connectivity index (χ3v) is 13.5. The Labute approximate surface area is 328 Å². The van der Waals surface area contributed by atoms with Crippen molar-refractivity contribution in [1.29, 1.82) is 0 Å². The van der Waals surface area contributed by atoms with Crippen LogP contribution in [0, 0.1) is 0 Å². The molecule has 0 N–H and O–H groups in total. The Morgan fingerprint density at radius 3 is 1.47 bits per heavy atom. The van der Waals surface area contributed by atoms with Gasteiger partial charge in [-0.1, -0.05) is 135 Å². The highest BCUT2D eigenvalue weighted by molar-refractivity contribution is 7.22. The summed E-state index contributed by atoms with van der Waals surface area (Å²) in [6, 6.07) is 62.1. The fraction of sp³-hybridized carbons (Fsp3) is 0.0588. The molecule has 4 heteroatoms. The van der Waals surface area contributed by atoms with Crippen LogP contribution in [0.3, 0.4) is 0 Å². The molecule has 0 aliphatic heterocycles. The summed E-state index contributed by atoms with van der Waals surface area (Å²) < 4.78 is 2.42. The maximum Gasteiger partial charge on any atom is 0.124 e. The molecule has 11 rings (SSSR count). The molecule has 0 fully saturated rings. The number of rotatable bonds is 5. The second kappa shape index (κ2) is 12.4. The van der Waals surface area contributed by atoms with Crippen molar-refractivity contribution in [3.05, 3.63) is 181 Å². The molecule has 0 radical (unpaired) electrons. The van der Waals surface area contributed by atoms with E-state index in [1.807, 2.05) is 0 Å². The van der Waals surface area contributed by atoms with Gasteiger partial charge >= 0.3 is 0 Å². The van der Waals surface area contributed by atoms with Gasteiger partial charge in [0.1, 0.15) is 10.0 Å². The summed E-state index contributed by atoms with van der Waals surface area (Å²) in [5.74, 6) is 0. The van der Waals surface area contributed by atoms with Crippen LogP contribution in [-0.2, 0) is 5.41 Å². The number of para-hydroxylation sites is 2. The second-order valence-corrected chi connectivity index (χ2v) is 17.1. The van der Waals surface area contributed by atoms with Crippen molar-refractivity contribution in [1.82, 2.24) is 9.97 Å². The van der Waals surface area contributed by atoms with E-state index in [-0.39, 0.29) is 5.41 Å². The summed E-state index contributed by atoms with van der Waals surface area (Å²) in [6.07, 6.45) is 0. The minimum Gasteiger partial charge on any atom is -0.236 e. The lowest BCUT2D eigenvalue weighted by atomic mass is 9.81. The van der Waals surface area contributed by atoms with Gasteiger partial charge in [0, 0.05) is 16.5 Å². The number of benzene rings is 8. The van der Waals surface area contributed by atoms with E-state index in [1.54, 1.807) is 22.7 Å². The average molecular weight is 739 g/mol. The standard InChI is InChI=1S/C51H34N2S2/c1-51(2)42-26-24-33-9-3-4-10-40(33)48(42)41-25-23-36(30-43(41)51)39-28-37(31-15-19-34(20-16-31)49-52-44-11-5-7-13-46(44)54-49)27-38(29-39)32-17-21-35(22-18-32)50-53-45-12-6-8-14-47(45)55-50/h3-30H,1-2H3. The van der Waals surface area contributed by atoms with Crippen molar-refractivity contribution < 1.29 is 0 Å². The topological polar surface area (TPSA) is 25.8 Å². The minimum absolute atomic E-state index is 0.113. The Morgan fingerprint density at radius 1 is 0.400 bits per heavy atom. The molecule has 1 aliphatic rings. The van der Waals surface area contributed by atoms with Crippen LogP contribution in [0.2, 0.25) is 0 Å². The zero-order valence-electron chi connectivity index (χ0n) is 30.4. The van der Waals surface area contributed by atoms with Gasteiger partial charge in [0.15, 0.2) is 0 Å². The molecule has 0 saturated heterocycles. The highest BCUT2D eigenvalue weighted by atomic mass is 32.1. The van der Waals surface area contributed by atoms with Crippen LogP contribution in [0.25, 0.3) is 96.9 Å². The van der Waals surface area contributed by atoms with Crippen molar-refractivity contribution in [3.63, 3.8) is 0 Å². The van der Waals surface area contributed by atoms with Gasteiger partial charge in [-0.3, -0.25) is 0 Å². The van der Waals surface area contributed by atoms with Crippen molar-refractivity contribution in [2.24, 2.45) is 0 Å². The molecule has 55 heavy (non-hydrogen) atoms. The van der Waals surface area contributed by atoms with Gasteiger partial charge in [0.05, 0.1) is 20.4 Å². The van der Waals surface area contributed by atoms with Crippen molar-refractivity contribution in [2.75, 3.05) is 0 Å². The lowest BCUT2D eigenvalue weighted by molar-refractivity contribution is 0.661. The molecule has 0 bridgehead atoms. The summed E-state index contributed by atoms with van der Waals surface area (Å²) in [5.41, 5.74) is 16.9. The van der Waals surface area contributed by atoms with E-state index in [0.29, 0.717) is 0 Å². The molecule has 1 aliphatic carbocycles. The quantitative estimate of drug-likeness (QED) is 0.176. The molecule has 8 aromatic carbocycles. The first kappa shape index (κ1) is 32.2. The Hall–Kier alpha value is -6.20. The number of aromatic nitrogens is 2. The Kier molecular flexibility index (Phi) is 7.28. The van der Waals surface area contributed by atoms with E-state index < -0.39 is 0 Å². The summed E-state index contributed by atoms with van der Waals surface area (Å²) in [4.78, 5) is 9.84. The number of thiazole rings is 2. The predicted octanol–water partition coefficient (Wildman–Crippen LogP) is 14.7. The van der Waals surface area contributed by atoms with E-state index in [2.05, 4.69) is 184 Å². The molecule has 0 spiro atoms. The first-order valence-electron chi connectivity index (χ1n) is 18.7. The maximum absolute atomic E-state index is 4.92. The zero-order valence-corrected chi connectivity index (χ0v) is 32.0. The normalized spacial score (nSPS) is 13.1. The molecule has 260 valence electrons. The van der Waals surface area contributed by atoms with Gasteiger partial charge < -0.3 is 0 Å². The molecule has 0 atom stereocenters. The van der Waals surface area contributed by atoms with Gasteiger partial charge in [-0.05, 0) is 115 Å². The number of fused-ring (bicyclic) bond motifs is 7. The molecular weight excluding hydrogens is 705 g/mol. The van der Waals surface area contributed by atoms with E-state index in [9.17, 15) is 0 Å². The Morgan fingerprint density at radius 2 is 0.891 bits per heavy atom. The predicted molar refractivity (Wildman–Crippen MR) is 235 cm³/mol. The van der Waals surface area contributed by atoms with Crippen LogP contribution >= 0.6 is 22.7 Å². The average Bonchev–Trinajstić information content (AvgIpc) is 3.94. The number of hydrogen-bond acceptors (Lipinski definition) is 4. The zero-order chi connectivity index (χ0) is 36.7. The monoisotopic (exact) mass is 738 g/mol. The van der Waals surface area contributed by atoms with Crippen LogP contribution in [0.15, 0.2) is 170 Å². The Balaban J connectivity index is 1.02.